The highest BCUT2D eigenvalue weighted by molar-refractivity contribution is 5.87. The molecule has 2 aliphatic carbocycles. The van der Waals surface area contributed by atoms with E-state index in [1.165, 1.54) is 44.6 Å². The minimum Gasteiger partial charge on any atom is -0.339 e. The van der Waals surface area contributed by atoms with Gasteiger partial charge in [0.2, 0.25) is 5.91 Å². The lowest BCUT2D eigenvalue weighted by molar-refractivity contribution is -0.127. The quantitative estimate of drug-likeness (QED) is 0.580. The van der Waals surface area contributed by atoms with Gasteiger partial charge in [0.25, 0.3) is 6.08 Å². The fourth-order valence-corrected chi connectivity index (χ4v) is 4.66. The average Bonchev–Trinajstić information content (AvgIpc) is 2.61. The lowest BCUT2D eigenvalue weighted by Crippen LogP contribution is -2.39. The Morgan fingerprint density at radius 1 is 1.04 bits per heavy atom. The van der Waals surface area contributed by atoms with Crippen molar-refractivity contribution in [3.63, 3.8) is 0 Å². The minimum absolute atomic E-state index is 0.0257. The van der Waals surface area contributed by atoms with E-state index in [1.54, 1.807) is 0 Å². The van der Waals surface area contributed by atoms with Gasteiger partial charge in [-0.05, 0) is 81.3 Å². The van der Waals surface area contributed by atoms with Gasteiger partial charge in [0.05, 0.1) is 0 Å². The molecule has 136 valence electrons. The molecule has 0 heterocycles. The van der Waals surface area contributed by atoms with E-state index < -0.39 is 6.08 Å². The molecule has 0 radical (unpaired) electrons. The van der Waals surface area contributed by atoms with Crippen LogP contribution in [0.25, 0.3) is 0 Å². The van der Waals surface area contributed by atoms with Gasteiger partial charge in [0.1, 0.15) is 0 Å². The summed E-state index contributed by atoms with van der Waals surface area (Å²) >= 11 is 0. The smallest absolute Gasteiger partial charge is 0.266 e. The van der Waals surface area contributed by atoms with Crippen LogP contribution in [0.3, 0.4) is 0 Å². The first-order valence-electron chi connectivity index (χ1n) is 9.41. The summed E-state index contributed by atoms with van der Waals surface area (Å²) in [5.41, 5.74) is 0. The molecule has 0 N–H and O–H groups in total. The molecular weight excluding hydrogens is 308 g/mol. The highest BCUT2D eigenvalue weighted by atomic mass is 19.3. The predicted molar refractivity (Wildman–Crippen MR) is 93.7 cm³/mol. The first-order chi connectivity index (χ1) is 11.5. The van der Waals surface area contributed by atoms with Gasteiger partial charge in [-0.2, -0.15) is 8.78 Å². The standard InChI is InChI=1S/C20H31F2NO/c1-3-20(24)23(2)18-13-11-17(12-14-18)16-9-7-15(8-10-16)5-4-6-19(21)22/h3,6,15-18H,1,4-5,7-14H2,2H3. The van der Waals surface area contributed by atoms with Crippen LogP contribution in [0, 0.1) is 17.8 Å². The molecule has 0 aliphatic heterocycles. The Bertz CT molecular complexity index is 443. The van der Waals surface area contributed by atoms with Gasteiger partial charge in [0, 0.05) is 13.1 Å². The number of allylic oxidation sites excluding steroid dienone is 1. The predicted octanol–water partition coefficient (Wildman–Crippen LogP) is 5.56. The zero-order valence-corrected chi connectivity index (χ0v) is 14.9. The number of carbonyl (C=O) groups is 1. The molecule has 0 spiro atoms. The van der Waals surface area contributed by atoms with Crippen molar-refractivity contribution in [3.8, 4) is 0 Å². The first-order valence-corrected chi connectivity index (χ1v) is 9.41. The maximum atomic E-state index is 12.1. The number of hydrogen-bond donors (Lipinski definition) is 0. The van der Waals surface area contributed by atoms with E-state index in [0.29, 0.717) is 18.4 Å². The molecule has 4 heteroatoms. The molecule has 2 saturated carbocycles. The summed E-state index contributed by atoms with van der Waals surface area (Å²) in [5.74, 6) is 2.25. The minimum atomic E-state index is -1.54. The summed E-state index contributed by atoms with van der Waals surface area (Å²) in [4.78, 5) is 13.6. The molecule has 1 amide bonds. The summed E-state index contributed by atoms with van der Waals surface area (Å²) in [6.45, 7) is 3.57. The Kier molecular flexibility index (Phi) is 7.44. The SMILES string of the molecule is C=CC(=O)N(C)C1CCC(C2CCC(CCC=C(F)F)CC2)CC1. The van der Waals surface area contributed by atoms with Gasteiger partial charge in [-0.25, -0.2) is 0 Å². The third kappa shape index (κ3) is 5.42. The fourth-order valence-electron chi connectivity index (χ4n) is 4.66. The molecule has 0 atom stereocenters. The van der Waals surface area contributed by atoms with E-state index in [1.807, 2.05) is 11.9 Å². The van der Waals surface area contributed by atoms with Gasteiger partial charge >= 0.3 is 0 Å². The van der Waals surface area contributed by atoms with Gasteiger partial charge in [-0.15, -0.1) is 0 Å². The second kappa shape index (κ2) is 9.33. The largest absolute Gasteiger partial charge is 0.339 e. The second-order valence-electron chi connectivity index (χ2n) is 7.57. The number of carbonyl (C=O) groups excluding carboxylic acids is 1. The summed E-state index contributed by atoms with van der Waals surface area (Å²) in [6.07, 6.45) is 11.9. The molecule has 2 aliphatic rings. The van der Waals surface area contributed by atoms with E-state index in [4.69, 9.17) is 0 Å². The zero-order chi connectivity index (χ0) is 17.5. The Morgan fingerprint density at radius 2 is 1.58 bits per heavy atom. The van der Waals surface area contributed by atoms with E-state index in [0.717, 1.165) is 37.2 Å². The van der Waals surface area contributed by atoms with Crippen LogP contribution in [0.4, 0.5) is 8.78 Å². The highest BCUT2D eigenvalue weighted by Crippen LogP contribution is 2.41. The topological polar surface area (TPSA) is 20.3 Å². The van der Waals surface area contributed by atoms with Gasteiger partial charge < -0.3 is 4.90 Å². The fraction of sp³-hybridized carbons (Fsp3) is 0.750. The lowest BCUT2D eigenvalue weighted by Gasteiger charge is -2.40. The Balaban J connectivity index is 1.69. The first kappa shape index (κ1) is 19.1. The van der Waals surface area contributed by atoms with E-state index in [-0.39, 0.29) is 5.91 Å². The summed E-state index contributed by atoms with van der Waals surface area (Å²) in [5, 5.41) is 0. The molecule has 0 aromatic heterocycles. The van der Waals surface area contributed by atoms with Crippen LogP contribution in [0.2, 0.25) is 0 Å². The summed E-state index contributed by atoms with van der Waals surface area (Å²) in [7, 11) is 1.88. The van der Waals surface area contributed by atoms with Crippen LogP contribution in [-0.4, -0.2) is 23.9 Å². The molecule has 2 rings (SSSR count). The Labute approximate surface area is 145 Å². The number of amides is 1. The van der Waals surface area contributed by atoms with Gasteiger partial charge in [-0.1, -0.05) is 19.4 Å². The maximum Gasteiger partial charge on any atom is 0.266 e. The molecule has 2 nitrogen and oxygen atoms in total. The van der Waals surface area contributed by atoms with Crippen molar-refractivity contribution in [2.45, 2.75) is 70.3 Å². The molecule has 0 aromatic rings. The molecule has 0 saturated heterocycles. The second-order valence-corrected chi connectivity index (χ2v) is 7.57. The molecule has 0 bridgehead atoms. The number of hydrogen-bond acceptors (Lipinski definition) is 1. The zero-order valence-electron chi connectivity index (χ0n) is 14.9. The normalized spacial score (nSPS) is 30.5. The number of halogens is 2. The molecule has 24 heavy (non-hydrogen) atoms. The monoisotopic (exact) mass is 339 g/mol. The highest BCUT2D eigenvalue weighted by Gasteiger charge is 2.32. The number of rotatable bonds is 6. The van der Waals surface area contributed by atoms with Crippen molar-refractivity contribution in [3.05, 3.63) is 24.8 Å². The number of likely N-dealkylation sites (N-methyl/N-ethyl adjacent to an activating group) is 1. The van der Waals surface area contributed by atoms with Crippen LogP contribution >= 0.6 is 0 Å². The Hall–Kier alpha value is -1.19. The van der Waals surface area contributed by atoms with E-state index in [9.17, 15) is 13.6 Å². The van der Waals surface area contributed by atoms with Crippen molar-refractivity contribution in [2.24, 2.45) is 17.8 Å². The van der Waals surface area contributed by atoms with Gasteiger partial charge in [-0.3, -0.25) is 4.79 Å². The van der Waals surface area contributed by atoms with Crippen molar-refractivity contribution in [2.75, 3.05) is 7.05 Å². The maximum absolute atomic E-state index is 12.1. The summed E-state index contributed by atoms with van der Waals surface area (Å²) < 4.78 is 24.2. The molecular formula is C20H31F2NO. The molecule has 2 fully saturated rings. The van der Waals surface area contributed by atoms with Crippen molar-refractivity contribution < 1.29 is 13.6 Å². The van der Waals surface area contributed by atoms with Gasteiger partial charge in [0.15, 0.2) is 0 Å². The molecule has 0 aromatic carbocycles. The van der Waals surface area contributed by atoms with Crippen molar-refractivity contribution in [1.29, 1.82) is 0 Å². The summed E-state index contributed by atoms with van der Waals surface area (Å²) in [6, 6.07) is 0.366. The van der Waals surface area contributed by atoms with Crippen LogP contribution in [0.5, 0.6) is 0 Å². The van der Waals surface area contributed by atoms with E-state index >= 15 is 0 Å². The van der Waals surface area contributed by atoms with Crippen molar-refractivity contribution >= 4 is 5.91 Å². The molecule has 0 unspecified atom stereocenters. The third-order valence-electron chi connectivity index (χ3n) is 6.24. The average molecular weight is 339 g/mol. The van der Waals surface area contributed by atoms with E-state index in [2.05, 4.69) is 6.58 Å². The lowest BCUT2D eigenvalue weighted by atomic mass is 9.69. The number of nitrogens with zero attached hydrogens (tertiary/aromatic N) is 1. The van der Waals surface area contributed by atoms with Crippen LogP contribution in [-0.2, 0) is 4.79 Å². The van der Waals surface area contributed by atoms with Crippen LogP contribution in [0.1, 0.15) is 64.2 Å². The van der Waals surface area contributed by atoms with Crippen LogP contribution in [0.15, 0.2) is 24.8 Å². The Morgan fingerprint density at radius 3 is 2.08 bits per heavy atom. The third-order valence-corrected chi connectivity index (χ3v) is 6.24. The van der Waals surface area contributed by atoms with Crippen LogP contribution < -0.4 is 0 Å². The van der Waals surface area contributed by atoms with Crippen molar-refractivity contribution in [1.82, 2.24) is 4.90 Å².